The van der Waals surface area contributed by atoms with Crippen molar-refractivity contribution in [3.8, 4) is 0 Å². The van der Waals surface area contributed by atoms with Crippen LogP contribution in [-0.4, -0.2) is 25.8 Å². The first-order chi connectivity index (χ1) is 11.4. The zero-order chi connectivity index (χ0) is 17.6. The lowest BCUT2D eigenvalue weighted by molar-refractivity contribution is 0.461. The number of rotatable bonds is 7. The van der Waals surface area contributed by atoms with Crippen molar-refractivity contribution in [2.75, 3.05) is 13.1 Å². The van der Waals surface area contributed by atoms with Gasteiger partial charge in [-0.25, -0.2) is 8.42 Å². The first kappa shape index (κ1) is 18.7. The van der Waals surface area contributed by atoms with E-state index in [9.17, 15) is 8.42 Å². The monoisotopic (exact) mass is 345 g/mol. The summed E-state index contributed by atoms with van der Waals surface area (Å²) in [7, 11) is -3.46. The molecule has 0 N–H and O–H groups in total. The van der Waals surface area contributed by atoms with E-state index in [-0.39, 0.29) is 0 Å². The molecule has 0 spiro atoms. The van der Waals surface area contributed by atoms with Crippen LogP contribution < -0.4 is 0 Å². The summed E-state index contributed by atoms with van der Waals surface area (Å²) in [6.45, 7) is 8.94. The number of aryl methyl sites for hydroxylation is 1. The average Bonchev–Trinajstić information content (AvgIpc) is 2.56. The van der Waals surface area contributed by atoms with Crippen LogP contribution in [-0.2, 0) is 10.0 Å². The normalized spacial score (nSPS) is 16.6. The molecule has 0 aromatic heterocycles. The third kappa shape index (κ3) is 4.68. The molecule has 0 bridgehead atoms. The average molecular weight is 346 g/mol. The van der Waals surface area contributed by atoms with E-state index in [4.69, 9.17) is 0 Å². The molecular weight excluding hydrogens is 318 g/mol. The van der Waals surface area contributed by atoms with Gasteiger partial charge in [0.1, 0.15) is 0 Å². The molecular formula is C20H27NO2S. The Morgan fingerprint density at radius 2 is 1.92 bits per heavy atom. The van der Waals surface area contributed by atoms with Gasteiger partial charge in [0.25, 0.3) is 0 Å². The predicted molar refractivity (Wildman–Crippen MR) is 100 cm³/mol. The Bertz CT molecular complexity index is 727. The summed E-state index contributed by atoms with van der Waals surface area (Å²) in [5, 5.41) is 0. The maximum Gasteiger partial charge on any atom is 0.243 e. The highest BCUT2D eigenvalue weighted by Gasteiger charge is 2.26. The van der Waals surface area contributed by atoms with E-state index in [2.05, 4.69) is 25.7 Å². The van der Waals surface area contributed by atoms with Gasteiger partial charge in [0.2, 0.25) is 10.0 Å². The minimum Gasteiger partial charge on any atom is -0.207 e. The van der Waals surface area contributed by atoms with E-state index >= 15 is 0 Å². The van der Waals surface area contributed by atoms with E-state index in [0.29, 0.717) is 18.0 Å². The Labute approximate surface area is 146 Å². The summed E-state index contributed by atoms with van der Waals surface area (Å²) >= 11 is 0. The molecule has 0 saturated heterocycles. The van der Waals surface area contributed by atoms with Crippen LogP contribution in [0, 0.1) is 6.92 Å². The second kappa shape index (κ2) is 8.45. The summed E-state index contributed by atoms with van der Waals surface area (Å²) in [5.41, 5.74) is 2.96. The first-order valence-corrected chi connectivity index (χ1v) is 10.0. The van der Waals surface area contributed by atoms with Gasteiger partial charge in [0.05, 0.1) is 4.90 Å². The minimum atomic E-state index is -3.46. The van der Waals surface area contributed by atoms with Crippen molar-refractivity contribution in [1.29, 1.82) is 0 Å². The Kier molecular flexibility index (Phi) is 6.58. The van der Waals surface area contributed by atoms with Crippen molar-refractivity contribution in [3.63, 3.8) is 0 Å². The topological polar surface area (TPSA) is 37.4 Å². The van der Waals surface area contributed by atoms with E-state index in [1.807, 2.05) is 25.1 Å². The molecule has 2 rings (SSSR count). The van der Waals surface area contributed by atoms with Crippen molar-refractivity contribution in [1.82, 2.24) is 4.31 Å². The summed E-state index contributed by atoms with van der Waals surface area (Å²) in [5.74, 6) is 0. The van der Waals surface area contributed by atoms with Gasteiger partial charge in [0, 0.05) is 13.1 Å². The van der Waals surface area contributed by atoms with Crippen LogP contribution >= 0.6 is 0 Å². The fraction of sp³-hybridized carbons (Fsp3) is 0.400. The summed E-state index contributed by atoms with van der Waals surface area (Å²) < 4.78 is 26.9. The largest absolute Gasteiger partial charge is 0.243 e. The van der Waals surface area contributed by atoms with E-state index in [0.717, 1.165) is 23.1 Å². The third-order valence-electron chi connectivity index (χ3n) is 4.22. The second-order valence-corrected chi connectivity index (χ2v) is 8.21. The van der Waals surface area contributed by atoms with Gasteiger partial charge in [-0.1, -0.05) is 62.3 Å². The molecule has 1 aliphatic heterocycles. The first-order valence-electron chi connectivity index (χ1n) is 8.57. The highest BCUT2D eigenvalue weighted by molar-refractivity contribution is 7.89. The third-order valence-corrected chi connectivity index (χ3v) is 6.05. The fourth-order valence-electron chi connectivity index (χ4n) is 2.66. The molecule has 1 aromatic carbocycles. The molecule has 0 fully saturated rings. The highest BCUT2D eigenvalue weighted by Crippen LogP contribution is 2.24. The van der Waals surface area contributed by atoms with Crippen LogP contribution in [0.2, 0.25) is 0 Å². The number of hydrogen-bond acceptors (Lipinski definition) is 2. The number of sulfonamides is 1. The van der Waals surface area contributed by atoms with Crippen LogP contribution in [0.25, 0.3) is 0 Å². The highest BCUT2D eigenvalue weighted by atomic mass is 32.2. The summed E-state index contributed by atoms with van der Waals surface area (Å²) in [6, 6.07) is 6.98. The maximum atomic E-state index is 12.7. The van der Waals surface area contributed by atoms with Gasteiger partial charge in [-0.05, 0) is 43.0 Å². The van der Waals surface area contributed by atoms with Crippen LogP contribution in [0.4, 0.5) is 0 Å². The molecule has 1 aliphatic rings. The van der Waals surface area contributed by atoms with Crippen LogP contribution in [0.5, 0.6) is 0 Å². The van der Waals surface area contributed by atoms with Gasteiger partial charge in [-0.15, -0.1) is 0 Å². The SMILES string of the molecule is C=C1CN(S(=O)(=O)c2ccc(C)cc2)CC=C1/C=C/CCCCC. The molecule has 1 aromatic rings. The summed E-state index contributed by atoms with van der Waals surface area (Å²) in [6.07, 6.45) is 10.9. The second-order valence-electron chi connectivity index (χ2n) is 6.27. The zero-order valence-corrected chi connectivity index (χ0v) is 15.5. The maximum absolute atomic E-state index is 12.7. The lowest BCUT2D eigenvalue weighted by Crippen LogP contribution is -2.35. The molecule has 130 valence electrons. The van der Waals surface area contributed by atoms with Crippen LogP contribution in [0.1, 0.15) is 38.2 Å². The van der Waals surface area contributed by atoms with E-state index in [1.165, 1.54) is 23.6 Å². The lowest BCUT2D eigenvalue weighted by atomic mass is 10.0. The van der Waals surface area contributed by atoms with Crippen LogP contribution in [0.15, 0.2) is 65.1 Å². The minimum absolute atomic E-state index is 0.341. The Hall–Kier alpha value is -1.65. The van der Waals surface area contributed by atoms with Gasteiger partial charge in [-0.3, -0.25) is 0 Å². The molecule has 0 saturated carbocycles. The number of nitrogens with zero attached hydrogens (tertiary/aromatic N) is 1. The molecule has 4 heteroatoms. The smallest absolute Gasteiger partial charge is 0.207 e. The van der Waals surface area contributed by atoms with Gasteiger partial charge < -0.3 is 0 Å². The van der Waals surface area contributed by atoms with Gasteiger partial charge in [-0.2, -0.15) is 4.31 Å². The predicted octanol–water partition coefficient (Wildman–Crippen LogP) is 4.62. The van der Waals surface area contributed by atoms with Crippen molar-refractivity contribution >= 4 is 10.0 Å². The number of benzene rings is 1. The molecule has 1 heterocycles. The number of unbranched alkanes of at least 4 members (excludes halogenated alkanes) is 3. The fourth-order valence-corrected chi connectivity index (χ4v) is 4.04. The molecule has 3 nitrogen and oxygen atoms in total. The quantitative estimate of drug-likeness (QED) is 0.676. The molecule has 0 atom stereocenters. The molecule has 0 unspecified atom stereocenters. The lowest BCUT2D eigenvalue weighted by Gasteiger charge is -2.26. The Morgan fingerprint density at radius 3 is 2.54 bits per heavy atom. The Balaban J connectivity index is 2.05. The molecule has 24 heavy (non-hydrogen) atoms. The van der Waals surface area contributed by atoms with Crippen molar-refractivity contribution in [2.24, 2.45) is 0 Å². The number of hydrogen-bond donors (Lipinski definition) is 0. The van der Waals surface area contributed by atoms with Gasteiger partial charge in [0.15, 0.2) is 0 Å². The standard InChI is InChI=1S/C20H27NO2S/c1-4-5-6-7-8-9-19-14-15-21(16-18(19)3)24(22,23)20-12-10-17(2)11-13-20/h8-14H,3-7,15-16H2,1-2H3/b9-8+. The number of allylic oxidation sites excluding steroid dienone is 2. The van der Waals surface area contributed by atoms with Crippen LogP contribution in [0.3, 0.4) is 0 Å². The van der Waals surface area contributed by atoms with E-state index in [1.54, 1.807) is 12.1 Å². The molecule has 0 aliphatic carbocycles. The Morgan fingerprint density at radius 1 is 1.21 bits per heavy atom. The van der Waals surface area contributed by atoms with Gasteiger partial charge >= 0.3 is 0 Å². The van der Waals surface area contributed by atoms with Crippen molar-refractivity contribution in [2.45, 2.75) is 44.4 Å². The molecule has 0 amide bonds. The van der Waals surface area contributed by atoms with E-state index < -0.39 is 10.0 Å². The van der Waals surface area contributed by atoms with Crippen molar-refractivity contribution < 1.29 is 8.42 Å². The zero-order valence-electron chi connectivity index (χ0n) is 14.7. The molecule has 0 radical (unpaired) electrons. The van der Waals surface area contributed by atoms with Crippen molar-refractivity contribution in [3.05, 3.63) is 65.8 Å². The summed E-state index contributed by atoms with van der Waals surface area (Å²) in [4.78, 5) is 0.341.